The van der Waals surface area contributed by atoms with E-state index in [0.29, 0.717) is 49.0 Å². The molecule has 3 heterocycles. The van der Waals surface area contributed by atoms with E-state index in [1.165, 1.54) is 5.56 Å². The molecule has 1 aliphatic carbocycles. The van der Waals surface area contributed by atoms with Crippen LogP contribution in [-0.4, -0.2) is 47.1 Å². The van der Waals surface area contributed by atoms with Crippen LogP contribution in [0, 0.1) is 19.8 Å². The molecule has 156 valence electrons. The van der Waals surface area contributed by atoms with Gasteiger partial charge in [-0.3, -0.25) is 9.78 Å². The molecular weight excluding hydrogens is 392 g/mol. The second kappa shape index (κ2) is 7.87. The minimum Gasteiger partial charge on any atom is -0.359 e. The zero-order valence-electron chi connectivity index (χ0n) is 16.7. The van der Waals surface area contributed by atoms with E-state index >= 15 is 0 Å². The molecule has 2 fully saturated rings. The number of carbonyl (C=O) groups excluding carboxylic acids is 1. The quantitative estimate of drug-likeness (QED) is 0.800. The number of rotatable bonds is 5. The van der Waals surface area contributed by atoms with Crippen molar-refractivity contribution in [3.63, 3.8) is 0 Å². The van der Waals surface area contributed by atoms with Crippen molar-refractivity contribution in [3.05, 3.63) is 41.5 Å². The van der Waals surface area contributed by atoms with Crippen LogP contribution in [0.1, 0.15) is 48.6 Å². The van der Waals surface area contributed by atoms with Crippen molar-refractivity contribution in [2.75, 3.05) is 18.4 Å². The fourth-order valence-electron chi connectivity index (χ4n) is 4.20. The Bertz CT molecular complexity index is 956. The second-order valence-electron chi connectivity index (χ2n) is 7.98. The number of carbonyl (C=O) groups is 1. The van der Waals surface area contributed by atoms with Gasteiger partial charge in [0.05, 0.1) is 5.25 Å². The number of piperidine rings is 1. The summed E-state index contributed by atoms with van der Waals surface area (Å²) in [5, 5.41) is 6.18. The summed E-state index contributed by atoms with van der Waals surface area (Å²) in [5.74, 6) is 0.468. The first-order chi connectivity index (χ1) is 13.9. The van der Waals surface area contributed by atoms with Gasteiger partial charge in [-0.1, -0.05) is 5.16 Å². The summed E-state index contributed by atoms with van der Waals surface area (Å²) < 4.78 is 32.6. The second-order valence-corrected chi connectivity index (χ2v) is 10.2. The first kappa shape index (κ1) is 20.0. The lowest BCUT2D eigenvalue weighted by Gasteiger charge is -2.39. The predicted molar refractivity (Wildman–Crippen MR) is 108 cm³/mol. The van der Waals surface area contributed by atoms with Gasteiger partial charge >= 0.3 is 0 Å². The molecule has 0 aromatic carbocycles. The number of aromatic nitrogens is 2. The smallest absolute Gasteiger partial charge is 0.227 e. The lowest BCUT2D eigenvalue weighted by Crippen LogP contribution is -2.50. The molecule has 0 bridgehead atoms. The summed E-state index contributed by atoms with van der Waals surface area (Å²) in [5.41, 5.74) is 2.42. The average Bonchev–Trinajstić information content (AvgIpc) is 2.99. The molecule has 2 aromatic heterocycles. The molecule has 2 aliphatic rings. The number of hydrogen-bond acceptors (Lipinski definition) is 6. The molecular formula is C20H26N4O4S. The molecule has 0 atom stereocenters. The summed E-state index contributed by atoms with van der Waals surface area (Å²) in [6.07, 6.45) is 5.91. The summed E-state index contributed by atoms with van der Waals surface area (Å²) >= 11 is 0. The van der Waals surface area contributed by atoms with Crippen LogP contribution in [0.4, 0.5) is 5.69 Å². The number of aryl methyl sites for hydroxylation is 2. The van der Waals surface area contributed by atoms with Crippen molar-refractivity contribution in [2.45, 2.75) is 50.7 Å². The van der Waals surface area contributed by atoms with E-state index in [0.717, 1.165) is 12.8 Å². The fourth-order valence-corrected chi connectivity index (χ4v) is 6.29. The van der Waals surface area contributed by atoms with Gasteiger partial charge in [0.25, 0.3) is 0 Å². The number of sulfonamides is 1. The van der Waals surface area contributed by atoms with Crippen molar-refractivity contribution in [1.29, 1.82) is 0 Å². The number of anilines is 1. The average molecular weight is 419 g/mol. The van der Waals surface area contributed by atoms with E-state index in [1.54, 1.807) is 30.5 Å². The summed E-state index contributed by atoms with van der Waals surface area (Å²) in [6, 6.07) is 4.01. The Kier molecular flexibility index (Phi) is 5.44. The highest BCUT2D eigenvalue weighted by Gasteiger charge is 2.45. The summed E-state index contributed by atoms with van der Waals surface area (Å²) in [6.45, 7) is 4.55. The van der Waals surface area contributed by atoms with Gasteiger partial charge in [0.2, 0.25) is 15.9 Å². The molecule has 29 heavy (non-hydrogen) atoms. The maximum atomic E-state index is 13.0. The molecule has 1 saturated heterocycles. The van der Waals surface area contributed by atoms with Crippen molar-refractivity contribution in [3.8, 4) is 0 Å². The van der Waals surface area contributed by atoms with Crippen LogP contribution in [0.2, 0.25) is 0 Å². The lowest BCUT2D eigenvalue weighted by molar-refractivity contribution is -0.122. The molecule has 0 spiro atoms. The Labute approximate surface area is 170 Å². The van der Waals surface area contributed by atoms with Crippen LogP contribution >= 0.6 is 0 Å². The van der Waals surface area contributed by atoms with Crippen LogP contribution in [0.15, 0.2) is 29.0 Å². The van der Waals surface area contributed by atoms with Gasteiger partial charge in [0.15, 0.2) is 5.76 Å². The highest BCUT2D eigenvalue weighted by molar-refractivity contribution is 7.89. The molecule has 1 amide bonds. The largest absolute Gasteiger partial charge is 0.359 e. The summed E-state index contributed by atoms with van der Waals surface area (Å²) in [4.78, 5) is 16.5. The Hall–Kier alpha value is -2.26. The fraction of sp³-hybridized carbons (Fsp3) is 0.550. The Balaban J connectivity index is 1.30. The van der Waals surface area contributed by atoms with Crippen LogP contribution in [-0.2, 0) is 14.8 Å². The van der Waals surface area contributed by atoms with Gasteiger partial charge in [0, 0.05) is 31.4 Å². The van der Waals surface area contributed by atoms with Gasteiger partial charge < -0.3 is 9.84 Å². The van der Waals surface area contributed by atoms with E-state index in [9.17, 15) is 13.2 Å². The van der Waals surface area contributed by atoms with E-state index in [4.69, 9.17) is 4.52 Å². The molecule has 1 aliphatic heterocycles. The number of hydrogen-bond donors (Lipinski definition) is 1. The first-order valence-corrected chi connectivity index (χ1v) is 11.5. The molecule has 0 unspecified atom stereocenters. The normalized spacial score (nSPS) is 23.5. The molecule has 2 aromatic rings. The molecule has 9 heteroatoms. The van der Waals surface area contributed by atoms with Gasteiger partial charge in [-0.15, -0.1) is 0 Å². The third-order valence-corrected chi connectivity index (χ3v) is 8.47. The third-order valence-electron chi connectivity index (χ3n) is 6.16. The maximum Gasteiger partial charge on any atom is 0.227 e. The maximum absolute atomic E-state index is 13.0. The van der Waals surface area contributed by atoms with Crippen molar-refractivity contribution in [1.82, 2.24) is 14.4 Å². The number of pyridine rings is 1. The zero-order valence-corrected chi connectivity index (χ0v) is 17.5. The van der Waals surface area contributed by atoms with E-state index < -0.39 is 15.3 Å². The first-order valence-electron chi connectivity index (χ1n) is 9.99. The minimum absolute atomic E-state index is 0.165. The summed E-state index contributed by atoms with van der Waals surface area (Å²) in [7, 11) is -3.37. The van der Waals surface area contributed by atoms with Gasteiger partial charge in [-0.05, 0) is 63.1 Å². The van der Waals surface area contributed by atoms with E-state index in [-0.39, 0.29) is 11.8 Å². The Morgan fingerprint density at radius 3 is 2.41 bits per heavy atom. The Morgan fingerprint density at radius 1 is 1.17 bits per heavy atom. The molecule has 1 N–H and O–H groups in total. The van der Waals surface area contributed by atoms with Crippen LogP contribution in [0.25, 0.3) is 0 Å². The van der Waals surface area contributed by atoms with Crippen molar-refractivity contribution >= 4 is 21.6 Å². The zero-order chi connectivity index (χ0) is 20.6. The van der Waals surface area contributed by atoms with Crippen LogP contribution < -0.4 is 5.32 Å². The highest BCUT2D eigenvalue weighted by Crippen LogP contribution is 2.38. The molecule has 8 nitrogen and oxygen atoms in total. The monoisotopic (exact) mass is 418 g/mol. The molecule has 1 saturated carbocycles. The Morgan fingerprint density at radius 2 is 1.83 bits per heavy atom. The van der Waals surface area contributed by atoms with Crippen molar-refractivity contribution in [2.24, 2.45) is 5.92 Å². The van der Waals surface area contributed by atoms with Gasteiger partial charge in [-0.2, -0.15) is 0 Å². The van der Waals surface area contributed by atoms with Crippen LogP contribution in [0.3, 0.4) is 0 Å². The molecule has 4 rings (SSSR count). The topological polar surface area (TPSA) is 105 Å². The van der Waals surface area contributed by atoms with Gasteiger partial charge in [0.1, 0.15) is 11.4 Å². The highest BCUT2D eigenvalue weighted by atomic mass is 32.2. The van der Waals surface area contributed by atoms with Gasteiger partial charge in [-0.25, -0.2) is 12.7 Å². The van der Waals surface area contributed by atoms with E-state index in [2.05, 4.69) is 15.5 Å². The number of nitrogens with one attached hydrogen (secondary N) is 1. The van der Waals surface area contributed by atoms with E-state index in [1.807, 2.05) is 12.1 Å². The predicted octanol–water partition coefficient (Wildman–Crippen LogP) is 2.61. The third kappa shape index (κ3) is 3.93. The van der Waals surface area contributed by atoms with Crippen molar-refractivity contribution < 1.29 is 17.7 Å². The lowest BCUT2D eigenvalue weighted by atomic mass is 9.84. The SMILES string of the molecule is Cc1noc(C)c1NC(=O)C1CC(S(=O)(=O)N2CCC(c3ccncc3)CC2)C1. The standard InChI is InChI=1S/C20H26N4O4S/c1-13-19(14(2)28-23-13)22-20(25)17-11-18(12-17)29(26,27)24-9-5-16(6-10-24)15-3-7-21-8-4-15/h3-4,7-8,16-18H,5-6,9-12H2,1-2H3,(H,22,25). The molecule has 0 radical (unpaired) electrons. The number of amides is 1. The minimum atomic E-state index is -3.37. The number of nitrogens with zero attached hydrogens (tertiary/aromatic N) is 3. The van der Waals surface area contributed by atoms with Crippen LogP contribution in [0.5, 0.6) is 0 Å².